The first-order chi connectivity index (χ1) is 18.7. The molecule has 4 aliphatic rings. The summed E-state index contributed by atoms with van der Waals surface area (Å²) in [5.74, 6) is 1.89. The molecule has 3 fully saturated rings. The second kappa shape index (κ2) is 9.86. The van der Waals surface area contributed by atoms with E-state index in [-0.39, 0.29) is 22.7 Å². The third-order valence-corrected chi connectivity index (χ3v) is 10.8. The number of fused-ring (bicyclic) bond motifs is 5. The Kier molecular flexibility index (Phi) is 6.62. The zero-order valence-corrected chi connectivity index (χ0v) is 23.5. The number of carbonyl (C=O) groups is 2. The van der Waals surface area contributed by atoms with Gasteiger partial charge in [-0.15, -0.1) is 0 Å². The number of ketones is 2. The summed E-state index contributed by atoms with van der Waals surface area (Å²) in [6.07, 6.45) is 14.6. The van der Waals surface area contributed by atoms with E-state index >= 15 is 0 Å². The van der Waals surface area contributed by atoms with Crippen molar-refractivity contribution in [1.29, 1.82) is 0 Å². The number of aliphatic hydroxyl groups is 1. The molecule has 6 atom stereocenters. The fourth-order valence-electron chi connectivity index (χ4n) is 8.33. The molecule has 4 aliphatic carbocycles. The molecule has 0 aliphatic heterocycles. The van der Waals surface area contributed by atoms with E-state index in [1.54, 1.807) is 6.08 Å². The Morgan fingerprint density at radius 3 is 2.33 bits per heavy atom. The topological polar surface area (TPSA) is 54.4 Å². The first-order valence-corrected chi connectivity index (χ1v) is 14.7. The van der Waals surface area contributed by atoms with Crippen molar-refractivity contribution in [3.05, 3.63) is 94.1 Å². The van der Waals surface area contributed by atoms with E-state index in [1.807, 2.05) is 61.5 Å². The van der Waals surface area contributed by atoms with Crippen LogP contribution in [0.25, 0.3) is 12.2 Å². The summed E-state index contributed by atoms with van der Waals surface area (Å²) >= 11 is 0. The fourth-order valence-corrected chi connectivity index (χ4v) is 8.33. The highest BCUT2D eigenvalue weighted by Crippen LogP contribution is 2.64. The molecule has 0 radical (unpaired) electrons. The van der Waals surface area contributed by atoms with Crippen LogP contribution < -0.4 is 0 Å². The summed E-state index contributed by atoms with van der Waals surface area (Å²) in [5.41, 5.74) is 6.20. The first-order valence-electron chi connectivity index (χ1n) is 14.7. The highest BCUT2D eigenvalue weighted by Gasteiger charge is 2.59. The number of hydrogen-bond acceptors (Lipinski definition) is 3. The van der Waals surface area contributed by atoms with E-state index in [9.17, 15) is 14.7 Å². The highest BCUT2D eigenvalue weighted by atomic mass is 16.3. The van der Waals surface area contributed by atoms with Gasteiger partial charge in [0.2, 0.25) is 0 Å². The van der Waals surface area contributed by atoms with E-state index in [0.717, 1.165) is 67.2 Å². The minimum Gasteiger partial charge on any atom is -0.393 e. The summed E-state index contributed by atoms with van der Waals surface area (Å²) < 4.78 is 0. The molecule has 202 valence electrons. The van der Waals surface area contributed by atoms with Gasteiger partial charge in [-0.05, 0) is 104 Å². The van der Waals surface area contributed by atoms with Crippen LogP contribution in [0, 0.1) is 35.5 Å². The zero-order chi connectivity index (χ0) is 27.4. The van der Waals surface area contributed by atoms with Crippen LogP contribution in [0.5, 0.6) is 0 Å². The highest BCUT2D eigenvalue weighted by molar-refractivity contribution is 6.07. The molecule has 6 rings (SSSR count). The number of allylic oxidation sites excluding steroid dienone is 3. The van der Waals surface area contributed by atoms with Crippen molar-refractivity contribution in [2.45, 2.75) is 71.8 Å². The van der Waals surface area contributed by atoms with E-state index in [0.29, 0.717) is 29.1 Å². The molecule has 3 nitrogen and oxygen atoms in total. The average Bonchev–Trinajstić information content (AvgIpc) is 3.18. The van der Waals surface area contributed by atoms with E-state index in [1.165, 1.54) is 5.57 Å². The second-order valence-electron chi connectivity index (χ2n) is 13.0. The molecule has 0 spiro atoms. The van der Waals surface area contributed by atoms with Crippen LogP contribution in [-0.2, 0) is 4.79 Å². The van der Waals surface area contributed by atoms with Crippen molar-refractivity contribution in [1.82, 2.24) is 0 Å². The summed E-state index contributed by atoms with van der Waals surface area (Å²) in [7, 11) is 0. The van der Waals surface area contributed by atoms with Crippen LogP contribution in [0.3, 0.4) is 0 Å². The second-order valence-corrected chi connectivity index (χ2v) is 13.0. The molecule has 0 saturated heterocycles. The molecular weight excluding hydrogens is 480 g/mol. The molecule has 0 aromatic heterocycles. The fraction of sp³-hybridized carbons (Fsp3) is 0.444. The number of aryl methyl sites for hydroxylation is 1. The van der Waals surface area contributed by atoms with Crippen molar-refractivity contribution < 1.29 is 14.7 Å². The molecular formula is C36H40O3. The Morgan fingerprint density at radius 2 is 1.59 bits per heavy atom. The maximum Gasteiger partial charge on any atom is 0.185 e. The molecule has 3 saturated carbocycles. The molecule has 3 unspecified atom stereocenters. The summed E-state index contributed by atoms with van der Waals surface area (Å²) in [6, 6.07) is 15.8. The first kappa shape index (κ1) is 26.2. The summed E-state index contributed by atoms with van der Waals surface area (Å²) in [6.45, 7) is 6.67. The molecule has 39 heavy (non-hydrogen) atoms. The maximum atomic E-state index is 13.8. The number of rotatable bonds is 4. The zero-order valence-electron chi connectivity index (χ0n) is 23.5. The van der Waals surface area contributed by atoms with Crippen LogP contribution in [0.4, 0.5) is 0 Å². The lowest BCUT2D eigenvalue weighted by Gasteiger charge is -2.56. The van der Waals surface area contributed by atoms with Gasteiger partial charge in [0.1, 0.15) is 0 Å². The van der Waals surface area contributed by atoms with Gasteiger partial charge in [-0.2, -0.15) is 0 Å². The smallest absolute Gasteiger partial charge is 0.185 e. The normalized spacial score (nSPS) is 34.9. The minimum atomic E-state index is -0.262. The van der Waals surface area contributed by atoms with Crippen molar-refractivity contribution in [3.8, 4) is 0 Å². The molecule has 0 heterocycles. The Balaban J connectivity index is 1.18. The summed E-state index contributed by atoms with van der Waals surface area (Å²) in [5, 5.41) is 10.3. The maximum absolute atomic E-state index is 13.8. The molecule has 3 heteroatoms. The summed E-state index contributed by atoms with van der Waals surface area (Å²) in [4.78, 5) is 26.3. The lowest BCUT2D eigenvalue weighted by atomic mass is 9.48. The molecule has 0 bridgehead atoms. The van der Waals surface area contributed by atoms with Crippen LogP contribution in [0.1, 0.15) is 85.8 Å². The van der Waals surface area contributed by atoms with E-state index in [2.05, 4.69) is 26.0 Å². The number of hydrogen-bond donors (Lipinski definition) is 1. The van der Waals surface area contributed by atoms with Crippen molar-refractivity contribution in [2.75, 3.05) is 0 Å². The van der Waals surface area contributed by atoms with Gasteiger partial charge in [0.05, 0.1) is 6.10 Å². The van der Waals surface area contributed by atoms with Crippen molar-refractivity contribution in [2.24, 2.45) is 28.6 Å². The molecule has 1 N–H and O–H groups in total. The minimum absolute atomic E-state index is 0.00478. The Bertz CT molecular complexity index is 1380. The van der Waals surface area contributed by atoms with Gasteiger partial charge >= 0.3 is 0 Å². The van der Waals surface area contributed by atoms with Crippen molar-refractivity contribution >= 4 is 23.7 Å². The predicted molar refractivity (Wildman–Crippen MR) is 157 cm³/mol. The number of benzene rings is 2. The quantitative estimate of drug-likeness (QED) is 0.254. The van der Waals surface area contributed by atoms with Gasteiger partial charge in [-0.3, -0.25) is 9.59 Å². The third-order valence-electron chi connectivity index (χ3n) is 10.8. The van der Waals surface area contributed by atoms with Gasteiger partial charge in [-0.1, -0.05) is 85.7 Å². The van der Waals surface area contributed by atoms with E-state index in [4.69, 9.17) is 0 Å². The van der Waals surface area contributed by atoms with Crippen LogP contribution in [0.2, 0.25) is 0 Å². The Hall–Kier alpha value is -3.04. The van der Waals surface area contributed by atoms with Crippen LogP contribution in [-0.4, -0.2) is 22.8 Å². The third kappa shape index (κ3) is 4.59. The standard InChI is InChI=1S/C36H40O3/c1-23-4-11-26(12-5-23)33(38)15-10-24-6-8-25(9-7-24)20-27-21-32-30-14-13-28-22-29(37)16-18-35(28,2)31(30)17-19-36(32,3)34(27)39/h4-13,15,20,29-32,37H,14,16-19,21-22H2,1-3H3/b15-10+,27-20+/t29-,30?,31?,32?,35-,36-/m0/s1. The predicted octanol–water partition coefficient (Wildman–Crippen LogP) is 7.78. The van der Waals surface area contributed by atoms with Gasteiger partial charge in [0.25, 0.3) is 0 Å². The van der Waals surface area contributed by atoms with E-state index < -0.39 is 0 Å². The molecule has 2 aromatic carbocycles. The average molecular weight is 521 g/mol. The van der Waals surface area contributed by atoms with Crippen molar-refractivity contribution in [3.63, 3.8) is 0 Å². The van der Waals surface area contributed by atoms with Gasteiger partial charge in [0, 0.05) is 11.0 Å². The van der Waals surface area contributed by atoms with Gasteiger partial charge < -0.3 is 5.11 Å². The number of aliphatic hydroxyl groups excluding tert-OH is 1. The number of Topliss-reactive ketones (excluding diaryl/α,β-unsaturated/α-hetero) is 1. The van der Waals surface area contributed by atoms with Crippen LogP contribution in [0.15, 0.2) is 71.8 Å². The molecule has 0 amide bonds. The van der Waals surface area contributed by atoms with Gasteiger partial charge in [-0.25, -0.2) is 0 Å². The van der Waals surface area contributed by atoms with Crippen LogP contribution >= 0.6 is 0 Å². The lowest BCUT2D eigenvalue weighted by Crippen LogP contribution is -2.50. The lowest BCUT2D eigenvalue weighted by molar-refractivity contribution is -0.130. The Labute approximate surface area is 232 Å². The number of carbonyl (C=O) groups excluding carboxylic acids is 2. The SMILES string of the molecule is Cc1ccc(C(=O)/C=C/c2ccc(/C=C3\CC4C5CC=C6C[C@@H](O)CC[C@]6(C)C5CC[C@]4(C)C3=O)cc2)cc1. The van der Waals surface area contributed by atoms with Gasteiger partial charge in [0.15, 0.2) is 11.6 Å². The Morgan fingerprint density at radius 1 is 0.897 bits per heavy atom. The largest absolute Gasteiger partial charge is 0.393 e. The monoisotopic (exact) mass is 520 g/mol. The molecule has 2 aromatic rings.